The minimum atomic E-state index is -1.10. The Labute approximate surface area is 133 Å². The van der Waals surface area contributed by atoms with Gasteiger partial charge >= 0.3 is 5.97 Å². The van der Waals surface area contributed by atoms with Crippen LogP contribution in [0.2, 0.25) is 0 Å². The van der Waals surface area contributed by atoms with Crippen LogP contribution >= 0.6 is 34.9 Å². The quantitative estimate of drug-likeness (QED) is 0.636. The summed E-state index contributed by atoms with van der Waals surface area (Å²) in [6.45, 7) is 0. The van der Waals surface area contributed by atoms with Crippen molar-refractivity contribution in [1.29, 1.82) is 0 Å². The van der Waals surface area contributed by atoms with Gasteiger partial charge in [0.05, 0.1) is 0 Å². The monoisotopic (exact) mass is 342 g/mol. The van der Waals surface area contributed by atoms with Gasteiger partial charge in [-0.3, -0.25) is 0 Å². The number of carboxylic acid groups (broad SMARTS) is 1. The zero-order valence-electron chi connectivity index (χ0n) is 10.9. The molecule has 0 radical (unpaired) electrons. The summed E-state index contributed by atoms with van der Waals surface area (Å²) in [5.74, 6) is -0.925. The number of thioether (sulfide) groups is 2. The van der Waals surface area contributed by atoms with Gasteiger partial charge in [0.15, 0.2) is 8.68 Å². The van der Waals surface area contributed by atoms with Crippen LogP contribution in [0.25, 0.3) is 6.08 Å². The van der Waals surface area contributed by atoms with E-state index >= 15 is 0 Å². The highest BCUT2D eigenvalue weighted by Crippen LogP contribution is 2.30. The Morgan fingerprint density at radius 2 is 2.19 bits per heavy atom. The van der Waals surface area contributed by atoms with Gasteiger partial charge in [-0.15, -0.1) is 10.2 Å². The van der Waals surface area contributed by atoms with Crippen molar-refractivity contribution < 1.29 is 14.3 Å². The molecule has 1 aromatic heterocycles. The average molecular weight is 342 g/mol. The van der Waals surface area contributed by atoms with Crippen LogP contribution in [0.3, 0.4) is 0 Å². The number of carbonyl (C=O) groups is 1. The van der Waals surface area contributed by atoms with E-state index < -0.39 is 11.8 Å². The van der Waals surface area contributed by atoms with E-state index in [1.54, 1.807) is 23.9 Å². The van der Waals surface area contributed by atoms with Crippen LogP contribution in [0.5, 0.6) is 0 Å². The van der Waals surface area contributed by atoms with Gasteiger partial charge in [-0.05, 0) is 30.0 Å². The maximum Gasteiger partial charge on any atom is 0.328 e. The van der Waals surface area contributed by atoms with Gasteiger partial charge in [-0.2, -0.15) is 0 Å². The second kappa shape index (κ2) is 7.58. The van der Waals surface area contributed by atoms with Crippen LogP contribution in [0.15, 0.2) is 33.0 Å². The van der Waals surface area contributed by atoms with Crippen molar-refractivity contribution in [2.75, 3.05) is 6.26 Å². The van der Waals surface area contributed by atoms with Crippen molar-refractivity contribution in [3.05, 3.63) is 41.2 Å². The Kier molecular flexibility index (Phi) is 5.77. The first kappa shape index (κ1) is 16.0. The number of carboxylic acids is 1. The molecule has 0 saturated heterocycles. The van der Waals surface area contributed by atoms with Gasteiger partial charge in [0, 0.05) is 17.4 Å². The first-order valence-electron chi connectivity index (χ1n) is 5.78. The lowest BCUT2D eigenvalue weighted by Crippen LogP contribution is -1.90. The molecule has 0 spiro atoms. The van der Waals surface area contributed by atoms with Gasteiger partial charge in [0.25, 0.3) is 0 Å². The van der Waals surface area contributed by atoms with E-state index in [-0.39, 0.29) is 5.56 Å². The number of aliphatic carboxylic acids is 1. The molecule has 2 aromatic rings. The van der Waals surface area contributed by atoms with Gasteiger partial charge in [0.2, 0.25) is 0 Å². The lowest BCUT2D eigenvalue weighted by atomic mass is 10.1. The second-order valence-corrected chi connectivity index (χ2v) is 7.11. The van der Waals surface area contributed by atoms with Gasteiger partial charge < -0.3 is 5.11 Å². The minimum Gasteiger partial charge on any atom is -0.478 e. The molecule has 0 aliphatic heterocycles. The first-order chi connectivity index (χ1) is 10.1. The van der Waals surface area contributed by atoms with Crippen LogP contribution in [-0.4, -0.2) is 27.5 Å². The predicted molar refractivity (Wildman–Crippen MR) is 84.3 cm³/mol. The number of aromatic nitrogens is 2. The van der Waals surface area contributed by atoms with Crippen molar-refractivity contribution >= 4 is 46.9 Å². The van der Waals surface area contributed by atoms with Crippen molar-refractivity contribution in [3.8, 4) is 0 Å². The van der Waals surface area contributed by atoms with Gasteiger partial charge in [-0.25, -0.2) is 9.18 Å². The molecule has 0 unspecified atom stereocenters. The van der Waals surface area contributed by atoms with E-state index in [0.717, 1.165) is 20.3 Å². The number of benzene rings is 1. The van der Waals surface area contributed by atoms with Crippen LogP contribution in [0, 0.1) is 5.82 Å². The maximum atomic E-state index is 13.6. The Morgan fingerprint density at radius 3 is 2.86 bits per heavy atom. The number of halogens is 1. The first-order valence-corrected chi connectivity index (χ1v) is 8.81. The number of hydrogen-bond donors (Lipinski definition) is 1. The fourth-order valence-corrected chi connectivity index (χ4v) is 3.84. The summed E-state index contributed by atoms with van der Waals surface area (Å²) in [4.78, 5) is 10.5. The molecule has 1 aromatic carbocycles. The fourth-order valence-electron chi connectivity index (χ4n) is 1.45. The molecule has 8 heteroatoms. The third-order valence-corrected chi connectivity index (χ3v) is 5.49. The standard InChI is InChI=1S/C13H11FN2O2S3/c1-19-12-15-16-13(21-12)20-7-8-2-4-10(14)9(6-8)3-5-11(17)18/h2-6H,7H2,1H3,(H,17,18)/b5-3+. The lowest BCUT2D eigenvalue weighted by Gasteiger charge is -2.02. The summed E-state index contributed by atoms with van der Waals surface area (Å²) < 4.78 is 15.3. The van der Waals surface area contributed by atoms with Crippen molar-refractivity contribution in [3.63, 3.8) is 0 Å². The van der Waals surface area contributed by atoms with Crippen LogP contribution in [-0.2, 0) is 10.5 Å². The molecule has 0 atom stereocenters. The van der Waals surface area contributed by atoms with Crippen molar-refractivity contribution in [2.45, 2.75) is 14.4 Å². The van der Waals surface area contributed by atoms with Crippen LogP contribution in [0.1, 0.15) is 11.1 Å². The van der Waals surface area contributed by atoms with Crippen molar-refractivity contribution in [1.82, 2.24) is 10.2 Å². The third-order valence-electron chi connectivity index (χ3n) is 2.39. The zero-order valence-corrected chi connectivity index (χ0v) is 13.4. The molecule has 0 amide bonds. The molecular weight excluding hydrogens is 331 g/mol. The van der Waals surface area contributed by atoms with Crippen LogP contribution < -0.4 is 0 Å². The minimum absolute atomic E-state index is 0.262. The highest BCUT2D eigenvalue weighted by atomic mass is 32.2. The zero-order chi connectivity index (χ0) is 15.2. The fraction of sp³-hybridized carbons (Fsp3) is 0.154. The molecular formula is C13H11FN2O2S3. The summed E-state index contributed by atoms with van der Waals surface area (Å²) in [6, 6.07) is 4.65. The van der Waals surface area contributed by atoms with E-state index in [2.05, 4.69) is 10.2 Å². The third kappa shape index (κ3) is 4.83. The molecule has 2 rings (SSSR count). The summed E-state index contributed by atoms with van der Waals surface area (Å²) in [5.41, 5.74) is 1.16. The Morgan fingerprint density at radius 1 is 1.43 bits per heavy atom. The molecule has 1 N–H and O–H groups in total. The summed E-state index contributed by atoms with van der Waals surface area (Å²) in [7, 11) is 0. The van der Waals surface area contributed by atoms with Gasteiger partial charge in [-0.1, -0.05) is 40.9 Å². The molecule has 1 heterocycles. The second-order valence-electron chi connectivity index (χ2n) is 3.85. The van der Waals surface area contributed by atoms with Crippen LogP contribution in [0.4, 0.5) is 4.39 Å². The topological polar surface area (TPSA) is 63.1 Å². The van der Waals surface area contributed by atoms with E-state index in [1.807, 2.05) is 6.26 Å². The molecule has 4 nitrogen and oxygen atoms in total. The predicted octanol–water partition coefficient (Wildman–Crippen LogP) is 3.79. The summed E-state index contributed by atoms with van der Waals surface area (Å²) >= 11 is 4.57. The van der Waals surface area contributed by atoms with E-state index in [0.29, 0.717) is 5.75 Å². The summed E-state index contributed by atoms with van der Waals surface area (Å²) in [6.07, 6.45) is 4.11. The highest BCUT2D eigenvalue weighted by Gasteiger charge is 2.06. The molecule has 0 saturated carbocycles. The smallest absolute Gasteiger partial charge is 0.328 e. The van der Waals surface area contributed by atoms with Crippen molar-refractivity contribution in [2.24, 2.45) is 0 Å². The average Bonchev–Trinajstić information content (AvgIpc) is 2.93. The largest absolute Gasteiger partial charge is 0.478 e. The molecule has 0 aliphatic carbocycles. The molecule has 110 valence electrons. The van der Waals surface area contributed by atoms with E-state index in [1.165, 1.54) is 35.2 Å². The maximum absolute atomic E-state index is 13.6. The molecule has 21 heavy (non-hydrogen) atoms. The highest BCUT2D eigenvalue weighted by molar-refractivity contribution is 8.02. The normalized spacial score (nSPS) is 11.1. The summed E-state index contributed by atoms with van der Waals surface area (Å²) in [5, 5.41) is 16.6. The number of nitrogens with zero attached hydrogens (tertiary/aromatic N) is 2. The number of rotatable bonds is 6. The Hall–Kier alpha value is -1.38. The lowest BCUT2D eigenvalue weighted by molar-refractivity contribution is -0.131. The van der Waals surface area contributed by atoms with E-state index in [4.69, 9.17) is 5.11 Å². The Balaban J connectivity index is 2.06. The van der Waals surface area contributed by atoms with Gasteiger partial charge in [0.1, 0.15) is 5.82 Å². The SMILES string of the molecule is CSc1nnc(SCc2ccc(F)c(/C=C/C(=O)O)c2)s1. The molecule has 0 fully saturated rings. The van der Waals surface area contributed by atoms with E-state index in [9.17, 15) is 9.18 Å². The number of hydrogen-bond acceptors (Lipinski definition) is 6. The molecule has 0 bridgehead atoms. The molecule has 0 aliphatic rings. The Bertz CT molecular complexity index is 673.